The molecule has 11 aromatic carbocycles. The van der Waals surface area contributed by atoms with Crippen LogP contribution in [0.2, 0.25) is 0 Å². The molecule has 0 aliphatic carbocycles. The molecule has 5 nitrogen and oxygen atoms in total. The van der Waals surface area contributed by atoms with Crippen molar-refractivity contribution < 1.29 is 5.11 Å². The predicted octanol–water partition coefficient (Wildman–Crippen LogP) is -2.82. The van der Waals surface area contributed by atoms with Crippen LogP contribution in [-0.2, 0) is 0 Å². The molecule has 0 fully saturated rings. The van der Waals surface area contributed by atoms with Gasteiger partial charge in [0.25, 0.3) is 0 Å². The highest BCUT2D eigenvalue weighted by molar-refractivity contribution is 6.73. The van der Waals surface area contributed by atoms with E-state index in [4.69, 9.17) is 15.0 Å². The highest BCUT2D eigenvalue weighted by Gasteiger charge is 2.28. The lowest BCUT2D eigenvalue weighted by atomic mass is 9.59. The molecule has 0 spiro atoms. The van der Waals surface area contributed by atoms with Crippen molar-refractivity contribution in [3.05, 3.63) is 140 Å². The van der Waals surface area contributed by atoms with Gasteiger partial charge < -0.3 is 9.67 Å². The summed E-state index contributed by atoms with van der Waals surface area (Å²) in [5.41, 5.74) is 17.5. The molecule has 15 heteroatoms. The zero-order valence-corrected chi connectivity index (χ0v) is 42.5. The summed E-state index contributed by atoms with van der Waals surface area (Å²) in [7, 11) is 22.1. The molecule has 13 rings (SSSR count). The summed E-state index contributed by atoms with van der Waals surface area (Å²) >= 11 is 0. The first-order valence-corrected chi connectivity index (χ1v) is 25.1. The molecule has 0 saturated heterocycles. The third-order valence-corrected chi connectivity index (χ3v) is 16.8. The van der Waals surface area contributed by atoms with Gasteiger partial charge in [-0.15, -0.1) is 10.9 Å². The molecular formula is C57H44B10N4O. The molecule has 328 valence electrons. The summed E-state index contributed by atoms with van der Waals surface area (Å²) in [5, 5.41) is 28.5. The second-order valence-electron chi connectivity index (χ2n) is 20.3. The number of para-hydroxylation sites is 2. The minimum atomic E-state index is 0.363. The van der Waals surface area contributed by atoms with Crippen molar-refractivity contribution in [1.29, 1.82) is 0 Å². The van der Waals surface area contributed by atoms with Crippen LogP contribution < -0.4 is 54.6 Å². The molecule has 0 amide bonds. The summed E-state index contributed by atoms with van der Waals surface area (Å²) in [4.78, 5) is 16.8. The first kappa shape index (κ1) is 44.2. The molecule has 0 saturated carbocycles. The van der Waals surface area contributed by atoms with E-state index in [2.05, 4.69) is 216 Å². The van der Waals surface area contributed by atoms with E-state index in [0.29, 0.717) is 23.2 Å². The molecule has 0 atom stereocenters. The number of benzene rings is 11. The van der Waals surface area contributed by atoms with Crippen LogP contribution >= 0.6 is 0 Å². The fourth-order valence-corrected chi connectivity index (χ4v) is 12.6. The summed E-state index contributed by atoms with van der Waals surface area (Å²) in [6.07, 6.45) is 0. The summed E-state index contributed by atoms with van der Waals surface area (Å²) in [6, 6.07) is 50.1. The van der Waals surface area contributed by atoms with Crippen molar-refractivity contribution in [3.63, 3.8) is 0 Å². The standard InChI is InChI=1S/C57H44B10N4O/c58-44-37-38(40-41(47(61)52(66)51(65)46(40)60)42-39(37)48(62)53(67)54(72)50(42)64)45(59)49(63)43(44)57-69-55(24-12-2-1-3-13-24)68-56(70-57)33-22-31-27-16-6-4-14-25(27)26-15-5-7-17-28(26)32(31)23-36(33)71-34-20-10-8-18-29(34)30-19-9-11-21-35(30)71/h1-23,72H,58-67H2. The van der Waals surface area contributed by atoms with Gasteiger partial charge in [0.2, 0.25) is 0 Å². The Labute approximate surface area is 427 Å². The van der Waals surface area contributed by atoms with Gasteiger partial charge in [-0.1, -0.05) is 154 Å². The molecular weight excluding hydrogens is 865 g/mol. The van der Waals surface area contributed by atoms with Gasteiger partial charge in [0.05, 0.1) is 16.7 Å². The molecule has 72 heavy (non-hydrogen) atoms. The van der Waals surface area contributed by atoms with E-state index in [1.165, 1.54) is 91.9 Å². The van der Waals surface area contributed by atoms with Crippen molar-refractivity contribution in [2.24, 2.45) is 0 Å². The van der Waals surface area contributed by atoms with Gasteiger partial charge in [0.1, 0.15) is 84.2 Å². The lowest BCUT2D eigenvalue weighted by Crippen LogP contribution is -2.49. The van der Waals surface area contributed by atoms with Crippen molar-refractivity contribution in [3.8, 4) is 45.6 Å². The van der Waals surface area contributed by atoms with Gasteiger partial charge in [-0.05, 0) is 94.4 Å². The highest BCUT2D eigenvalue weighted by Crippen LogP contribution is 2.43. The maximum atomic E-state index is 11.8. The lowest BCUT2D eigenvalue weighted by molar-refractivity contribution is 0.485. The average Bonchev–Trinajstić information content (AvgIpc) is 3.75. The molecule has 2 aromatic heterocycles. The van der Waals surface area contributed by atoms with E-state index < -0.39 is 0 Å². The Morgan fingerprint density at radius 3 is 1.25 bits per heavy atom. The third-order valence-electron chi connectivity index (χ3n) is 16.8. The van der Waals surface area contributed by atoms with E-state index in [0.717, 1.165) is 71.5 Å². The number of rotatable bonds is 4. The molecule has 0 unspecified atom stereocenters. The van der Waals surface area contributed by atoms with E-state index in [1.807, 2.05) is 6.07 Å². The Hall–Kier alpha value is -7.76. The number of phenolic OH excluding ortho intramolecular Hbond substituents is 1. The normalized spacial score (nSPS) is 11.9. The average molecular weight is 909 g/mol. The van der Waals surface area contributed by atoms with E-state index >= 15 is 0 Å². The van der Waals surface area contributed by atoms with E-state index in [-0.39, 0.29) is 0 Å². The van der Waals surface area contributed by atoms with Gasteiger partial charge >= 0.3 is 0 Å². The van der Waals surface area contributed by atoms with Gasteiger partial charge in [-0.2, -0.15) is 0 Å². The van der Waals surface area contributed by atoms with E-state index in [1.54, 1.807) is 0 Å². The van der Waals surface area contributed by atoms with Crippen LogP contribution in [0.3, 0.4) is 0 Å². The Bertz CT molecular complexity index is 4500. The zero-order chi connectivity index (χ0) is 49.6. The minimum absolute atomic E-state index is 0.363. The Balaban J connectivity index is 1.22. The fraction of sp³-hybridized carbons (Fsp3) is 0. The van der Waals surface area contributed by atoms with Crippen LogP contribution in [0.4, 0.5) is 0 Å². The molecule has 13 aromatic rings. The number of hydrogen-bond acceptors (Lipinski definition) is 4. The molecule has 2 heterocycles. The first-order valence-electron chi connectivity index (χ1n) is 25.1. The quantitative estimate of drug-likeness (QED) is 0.153. The van der Waals surface area contributed by atoms with Crippen LogP contribution in [0.15, 0.2) is 140 Å². The van der Waals surface area contributed by atoms with Crippen molar-refractivity contribution in [1.82, 2.24) is 19.5 Å². The van der Waals surface area contributed by atoms with Crippen molar-refractivity contribution in [2.45, 2.75) is 0 Å². The lowest BCUT2D eigenvalue weighted by Gasteiger charge is -2.27. The topological polar surface area (TPSA) is 63.8 Å². The number of aromatic nitrogens is 4. The van der Waals surface area contributed by atoms with Crippen molar-refractivity contribution >= 4 is 220 Å². The monoisotopic (exact) mass is 910 g/mol. The molecule has 0 aliphatic rings. The Kier molecular flexibility index (Phi) is 9.90. The van der Waals surface area contributed by atoms with Crippen LogP contribution in [0.1, 0.15) is 0 Å². The second kappa shape index (κ2) is 16.1. The second-order valence-corrected chi connectivity index (χ2v) is 20.3. The maximum absolute atomic E-state index is 11.8. The minimum Gasteiger partial charge on any atom is -0.509 e. The molecule has 1 N–H and O–H groups in total. The van der Waals surface area contributed by atoms with Crippen LogP contribution in [0, 0.1) is 0 Å². The number of nitrogens with zero attached hydrogens (tertiary/aromatic N) is 4. The largest absolute Gasteiger partial charge is 0.509 e. The highest BCUT2D eigenvalue weighted by atomic mass is 16.3. The SMILES string of the molecule is Bc1c(B)c(B)c2c(c1B)c1c(B)c(B)c(-c3nc(-c4ccccc4)nc(-c4cc5c6ccccc6c6ccccc6c5cc4-n4c5ccccc5c5ccccc54)n3)c(B)c1c1c(B)c(B)c(O)c(B)c21. The first-order chi connectivity index (χ1) is 34.8. The maximum Gasteiger partial charge on any atom is 0.166 e. The number of fused-ring (bicyclic) bond motifs is 15. The van der Waals surface area contributed by atoms with Gasteiger partial charge in [-0.3, -0.25) is 0 Å². The van der Waals surface area contributed by atoms with E-state index in [9.17, 15) is 5.11 Å². The third kappa shape index (κ3) is 6.06. The smallest absolute Gasteiger partial charge is 0.166 e. The predicted molar refractivity (Wildman–Crippen MR) is 339 cm³/mol. The zero-order valence-electron chi connectivity index (χ0n) is 42.5. The van der Waals surface area contributed by atoms with Crippen LogP contribution in [0.25, 0.3) is 126 Å². The van der Waals surface area contributed by atoms with Crippen molar-refractivity contribution in [2.75, 3.05) is 0 Å². The molecule has 0 aliphatic heterocycles. The van der Waals surface area contributed by atoms with Gasteiger partial charge in [0, 0.05) is 27.5 Å². The Morgan fingerprint density at radius 2 is 0.708 bits per heavy atom. The van der Waals surface area contributed by atoms with Gasteiger partial charge in [0.15, 0.2) is 17.5 Å². The number of aromatic hydroxyl groups is 1. The molecule has 0 radical (unpaired) electrons. The van der Waals surface area contributed by atoms with Crippen LogP contribution in [-0.4, -0.2) is 103 Å². The van der Waals surface area contributed by atoms with Gasteiger partial charge in [-0.25, -0.2) is 15.0 Å². The fourth-order valence-electron chi connectivity index (χ4n) is 12.6. The number of phenols is 1. The summed E-state index contributed by atoms with van der Waals surface area (Å²) in [5.74, 6) is 2.20. The summed E-state index contributed by atoms with van der Waals surface area (Å²) < 4.78 is 2.42. The van der Waals surface area contributed by atoms with Crippen LogP contribution in [0.5, 0.6) is 5.75 Å². The summed E-state index contributed by atoms with van der Waals surface area (Å²) in [6.45, 7) is 0. The molecule has 0 bridgehead atoms. The Morgan fingerprint density at radius 1 is 0.319 bits per heavy atom. The number of hydrogen-bond donors (Lipinski definition) is 1.